The van der Waals surface area contributed by atoms with Gasteiger partial charge in [0.2, 0.25) is 5.91 Å². The minimum atomic E-state index is -0.0564. The van der Waals surface area contributed by atoms with Crippen molar-refractivity contribution in [3.8, 4) is 0 Å². The molecule has 92 valence electrons. The number of anilines is 1. The van der Waals surface area contributed by atoms with E-state index < -0.39 is 0 Å². The van der Waals surface area contributed by atoms with Gasteiger partial charge in [-0.05, 0) is 40.0 Å². The Labute approximate surface area is 114 Å². The quantitative estimate of drug-likeness (QED) is 0.945. The van der Waals surface area contributed by atoms with Gasteiger partial charge >= 0.3 is 0 Å². The van der Waals surface area contributed by atoms with Gasteiger partial charge in [0.05, 0.1) is 6.42 Å². The normalized spacial score (nSPS) is 10.1. The van der Waals surface area contributed by atoms with Crippen LogP contribution in [0, 0.1) is 6.92 Å². The number of benzene rings is 1. The van der Waals surface area contributed by atoms with Gasteiger partial charge in [0.1, 0.15) is 5.82 Å². The van der Waals surface area contributed by atoms with Crippen LogP contribution in [0.2, 0.25) is 0 Å². The molecular weight excluding hydrogens is 292 g/mol. The lowest BCUT2D eigenvalue weighted by Gasteiger charge is -2.07. The summed E-state index contributed by atoms with van der Waals surface area (Å²) in [7, 11) is 0. The van der Waals surface area contributed by atoms with Crippen molar-refractivity contribution in [3.63, 3.8) is 0 Å². The molecule has 0 unspecified atom stereocenters. The van der Waals surface area contributed by atoms with Crippen LogP contribution >= 0.6 is 15.9 Å². The van der Waals surface area contributed by atoms with Crippen molar-refractivity contribution in [1.82, 2.24) is 4.98 Å². The average Bonchev–Trinajstić information content (AvgIpc) is 2.34. The molecule has 1 aromatic heterocycles. The van der Waals surface area contributed by atoms with Crippen LogP contribution in [-0.2, 0) is 11.2 Å². The lowest BCUT2D eigenvalue weighted by molar-refractivity contribution is -0.115. The summed E-state index contributed by atoms with van der Waals surface area (Å²) in [6.07, 6.45) is 2.03. The number of rotatable bonds is 3. The molecule has 0 saturated carbocycles. The Hall–Kier alpha value is -1.68. The molecule has 1 amide bonds. The zero-order valence-corrected chi connectivity index (χ0v) is 11.6. The van der Waals surface area contributed by atoms with Crippen LogP contribution in [0.15, 0.2) is 47.1 Å². The van der Waals surface area contributed by atoms with Crippen LogP contribution in [0.3, 0.4) is 0 Å². The fourth-order valence-electron chi connectivity index (χ4n) is 1.63. The number of aryl methyl sites for hydroxylation is 1. The molecule has 0 aliphatic carbocycles. The van der Waals surface area contributed by atoms with E-state index in [1.807, 2.05) is 43.3 Å². The van der Waals surface area contributed by atoms with Gasteiger partial charge in [0.15, 0.2) is 0 Å². The molecule has 0 bridgehead atoms. The topological polar surface area (TPSA) is 42.0 Å². The van der Waals surface area contributed by atoms with E-state index in [1.165, 1.54) is 0 Å². The lowest BCUT2D eigenvalue weighted by atomic mass is 10.1. The summed E-state index contributed by atoms with van der Waals surface area (Å²) in [6.45, 7) is 1.91. The van der Waals surface area contributed by atoms with Crippen molar-refractivity contribution in [2.75, 3.05) is 5.32 Å². The summed E-state index contributed by atoms with van der Waals surface area (Å²) in [6, 6.07) is 11.6. The second kappa shape index (κ2) is 5.78. The highest BCUT2D eigenvalue weighted by Crippen LogP contribution is 2.16. The molecule has 0 aliphatic rings. The third-order valence-corrected chi connectivity index (χ3v) is 2.94. The summed E-state index contributed by atoms with van der Waals surface area (Å²) in [4.78, 5) is 16.0. The number of carbonyl (C=O) groups is 1. The number of hydrogen-bond acceptors (Lipinski definition) is 2. The van der Waals surface area contributed by atoms with Crippen LogP contribution in [0.5, 0.6) is 0 Å². The van der Waals surface area contributed by atoms with Crippen molar-refractivity contribution in [2.24, 2.45) is 0 Å². The minimum absolute atomic E-state index is 0.0564. The molecule has 0 radical (unpaired) electrons. The summed E-state index contributed by atoms with van der Waals surface area (Å²) < 4.78 is 0.904. The molecule has 1 heterocycles. The Morgan fingerprint density at radius 1 is 1.33 bits per heavy atom. The summed E-state index contributed by atoms with van der Waals surface area (Å²) in [5.41, 5.74) is 1.93. The second-order valence-corrected chi connectivity index (χ2v) is 4.95. The Morgan fingerprint density at radius 2 is 2.06 bits per heavy atom. The number of nitrogens with zero attached hydrogens (tertiary/aromatic N) is 1. The molecular formula is C14H13BrN2O. The van der Waals surface area contributed by atoms with Crippen molar-refractivity contribution in [2.45, 2.75) is 13.3 Å². The van der Waals surface area contributed by atoms with E-state index in [2.05, 4.69) is 26.2 Å². The van der Waals surface area contributed by atoms with Gasteiger partial charge < -0.3 is 5.32 Å². The molecule has 0 aliphatic heterocycles. The molecule has 4 heteroatoms. The number of nitrogens with one attached hydrogen (secondary N) is 1. The van der Waals surface area contributed by atoms with Crippen LogP contribution in [-0.4, -0.2) is 10.9 Å². The first-order valence-electron chi connectivity index (χ1n) is 5.61. The molecule has 1 aromatic carbocycles. The summed E-state index contributed by atoms with van der Waals surface area (Å²) >= 11 is 3.34. The Morgan fingerprint density at radius 3 is 2.72 bits per heavy atom. The van der Waals surface area contributed by atoms with Gasteiger partial charge in [-0.1, -0.05) is 30.3 Å². The van der Waals surface area contributed by atoms with E-state index in [0.29, 0.717) is 12.2 Å². The molecule has 3 nitrogen and oxygen atoms in total. The third-order valence-electron chi connectivity index (χ3n) is 2.51. The third kappa shape index (κ3) is 3.40. The van der Waals surface area contributed by atoms with Crippen LogP contribution in [0.25, 0.3) is 0 Å². The smallest absolute Gasteiger partial charge is 0.229 e. The number of amides is 1. The van der Waals surface area contributed by atoms with Gasteiger partial charge in [-0.25, -0.2) is 4.98 Å². The Bertz CT molecular complexity index is 555. The second-order valence-electron chi connectivity index (χ2n) is 4.03. The minimum Gasteiger partial charge on any atom is -0.310 e. The molecule has 2 aromatic rings. The molecule has 2 rings (SSSR count). The summed E-state index contributed by atoms with van der Waals surface area (Å²) in [5, 5.41) is 2.82. The molecule has 0 saturated heterocycles. The number of carbonyl (C=O) groups excluding carboxylic acids is 1. The Kier molecular flexibility index (Phi) is 4.10. The zero-order valence-electron chi connectivity index (χ0n) is 9.98. The largest absolute Gasteiger partial charge is 0.310 e. The Balaban J connectivity index is 2.03. The maximum Gasteiger partial charge on any atom is 0.229 e. The van der Waals surface area contributed by atoms with Gasteiger partial charge in [0, 0.05) is 10.7 Å². The van der Waals surface area contributed by atoms with Crippen LogP contribution < -0.4 is 5.32 Å². The first-order chi connectivity index (χ1) is 8.65. The molecule has 0 fully saturated rings. The van der Waals surface area contributed by atoms with E-state index in [9.17, 15) is 4.79 Å². The fraction of sp³-hybridized carbons (Fsp3) is 0.143. The lowest BCUT2D eigenvalue weighted by Crippen LogP contribution is -2.16. The van der Waals surface area contributed by atoms with E-state index in [4.69, 9.17) is 0 Å². The van der Waals surface area contributed by atoms with Crippen molar-refractivity contribution in [1.29, 1.82) is 0 Å². The average molecular weight is 305 g/mol. The SMILES string of the molecule is Cc1cc(Br)cnc1NC(=O)Cc1ccccc1. The van der Waals surface area contributed by atoms with E-state index in [1.54, 1.807) is 6.20 Å². The van der Waals surface area contributed by atoms with E-state index >= 15 is 0 Å². The first kappa shape index (κ1) is 12.8. The number of hydrogen-bond donors (Lipinski definition) is 1. The van der Waals surface area contributed by atoms with E-state index in [-0.39, 0.29) is 5.91 Å². The highest BCUT2D eigenvalue weighted by molar-refractivity contribution is 9.10. The van der Waals surface area contributed by atoms with Crippen molar-refractivity contribution >= 4 is 27.7 Å². The fourth-order valence-corrected chi connectivity index (χ4v) is 2.07. The monoisotopic (exact) mass is 304 g/mol. The molecule has 0 atom stereocenters. The first-order valence-corrected chi connectivity index (χ1v) is 6.40. The molecule has 1 N–H and O–H groups in total. The number of halogens is 1. The van der Waals surface area contributed by atoms with Gasteiger partial charge in [-0.15, -0.1) is 0 Å². The van der Waals surface area contributed by atoms with Gasteiger partial charge in [-0.2, -0.15) is 0 Å². The maximum absolute atomic E-state index is 11.9. The number of aromatic nitrogens is 1. The highest BCUT2D eigenvalue weighted by atomic mass is 79.9. The van der Waals surface area contributed by atoms with Crippen LogP contribution in [0.1, 0.15) is 11.1 Å². The van der Waals surface area contributed by atoms with Crippen molar-refractivity contribution < 1.29 is 4.79 Å². The van der Waals surface area contributed by atoms with Gasteiger partial charge in [0.25, 0.3) is 0 Å². The van der Waals surface area contributed by atoms with Crippen molar-refractivity contribution in [3.05, 3.63) is 58.2 Å². The molecule has 18 heavy (non-hydrogen) atoms. The predicted molar refractivity (Wildman–Crippen MR) is 75.4 cm³/mol. The predicted octanol–water partition coefficient (Wildman–Crippen LogP) is 3.33. The zero-order chi connectivity index (χ0) is 13.0. The van der Waals surface area contributed by atoms with Crippen LogP contribution in [0.4, 0.5) is 5.82 Å². The molecule has 0 spiro atoms. The standard InChI is InChI=1S/C14H13BrN2O/c1-10-7-12(15)9-16-14(10)17-13(18)8-11-5-3-2-4-6-11/h2-7,9H,8H2,1H3,(H,16,17,18). The summed E-state index contributed by atoms with van der Waals surface area (Å²) in [5.74, 6) is 0.554. The number of pyridine rings is 1. The maximum atomic E-state index is 11.9. The highest BCUT2D eigenvalue weighted by Gasteiger charge is 2.07. The van der Waals surface area contributed by atoms with Gasteiger partial charge in [-0.3, -0.25) is 4.79 Å². The van der Waals surface area contributed by atoms with E-state index in [0.717, 1.165) is 15.6 Å².